The molecule has 0 aromatic heterocycles. The Balaban J connectivity index is 1.55. The van der Waals surface area contributed by atoms with Gasteiger partial charge in [0.05, 0.1) is 38.5 Å². The highest BCUT2D eigenvalue weighted by atomic mass is 32.2. The molecule has 7 heteroatoms. The number of hydrogen-bond donors (Lipinski definition) is 1. The number of piperazine rings is 1. The van der Waals surface area contributed by atoms with Gasteiger partial charge in [0.25, 0.3) is 5.91 Å². The molecule has 2 fully saturated rings. The zero-order valence-electron chi connectivity index (χ0n) is 14.0. The number of nitrogens with one attached hydrogen (secondary N) is 1. The topological polar surface area (TPSA) is 68.1 Å². The molecule has 1 aromatic rings. The number of amides is 1. The van der Waals surface area contributed by atoms with Crippen LogP contribution in [0.1, 0.15) is 22.3 Å². The van der Waals surface area contributed by atoms with Crippen LogP contribution in [0.25, 0.3) is 0 Å². The fourth-order valence-electron chi connectivity index (χ4n) is 3.62. The van der Waals surface area contributed by atoms with Gasteiger partial charge in [-0.15, -0.1) is 0 Å². The van der Waals surface area contributed by atoms with Gasteiger partial charge in [-0.3, -0.25) is 4.79 Å². The van der Waals surface area contributed by atoms with Crippen LogP contribution in [0.4, 0.5) is 0 Å². The van der Waals surface area contributed by atoms with Crippen LogP contribution >= 0.6 is 0 Å². The molecule has 0 aliphatic carbocycles. The summed E-state index contributed by atoms with van der Waals surface area (Å²) in [7, 11) is -1.19. The third-order valence-electron chi connectivity index (χ3n) is 5.01. The highest BCUT2D eigenvalue weighted by Crippen LogP contribution is 2.11. The van der Waals surface area contributed by atoms with Crippen LogP contribution in [0.3, 0.4) is 0 Å². The van der Waals surface area contributed by atoms with Crippen LogP contribution in [0.15, 0.2) is 24.3 Å². The number of carbonyl (C=O) groups is 1. The molecule has 2 heterocycles. The molecule has 3 rings (SSSR count). The van der Waals surface area contributed by atoms with Crippen LogP contribution in [-0.2, 0) is 21.2 Å². The van der Waals surface area contributed by atoms with Crippen LogP contribution in [0, 0.1) is 0 Å². The molecule has 0 bridgehead atoms. The van der Waals surface area contributed by atoms with Gasteiger partial charge in [-0.25, -0.2) is 8.42 Å². The van der Waals surface area contributed by atoms with Gasteiger partial charge >= 0.3 is 0 Å². The Bertz CT molecular complexity index is 679. The lowest BCUT2D eigenvalue weighted by Crippen LogP contribution is -3.18. The standard InChI is InChI=1S/C17H24N2O4S/c1-23-12-14-2-4-15(5-3-14)17(20)19-9-7-18(8-10-19)16-6-11-24(21,22)13-16/h2-5,16H,6-13H2,1H3/p+1/t16-/m0/s1. The minimum Gasteiger partial charge on any atom is -0.380 e. The Morgan fingerprint density at radius 2 is 1.92 bits per heavy atom. The number of quaternary nitrogens is 1. The van der Waals surface area contributed by atoms with Crippen molar-refractivity contribution in [3.63, 3.8) is 0 Å². The maximum Gasteiger partial charge on any atom is 0.254 e. The van der Waals surface area contributed by atoms with E-state index in [9.17, 15) is 13.2 Å². The van der Waals surface area contributed by atoms with E-state index in [0.29, 0.717) is 36.8 Å². The molecular formula is C17H25N2O4S+. The van der Waals surface area contributed by atoms with Gasteiger partial charge in [-0.2, -0.15) is 0 Å². The van der Waals surface area contributed by atoms with E-state index in [-0.39, 0.29) is 11.9 Å². The largest absolute Gasteiger partial charge is 0.380 e. The molecule has 132 valence electrons. The molecule has 0 unspecified atom stereocenters. The second-order valence-electron chi connectivity index (χ2n) is 6.68. The molecule has 1 amide bonds. The Morgan fingerprint density at radius 3 is 2.46 bits per heavy atom. The maximum absolute atomic E-state index is 12.6. The first-order valence-corrected chi connectivity index (χ1v) is 10.2. The van der Waals surface area contributed by atoms with Crippen molar-refractivity contribution in [2.45, 2.75) is 19.1 Å². The third-order valence-corrected chi connectivity index (χ3v) is 6.78. The first-order chi connectivity index (χ1) is 11.5. The normalized spacial score (nSPS) is 24.2. The fraction of sp³-hybridized carbons (Fsp3) is 0.588. The quantitative estimate of drug-likeness (QED) is 0.782. The minimum absolute atomic E-state index is 0.0528. The Hall–Kier alpha value is -1.44. The molecule has 1 atom stereocenters. The van der Waals surface area contributed by atoms with E-state index >= 15 is 0 Å². The molecule has 0 saturated carbocycles. The molecule has 24 heavy (non-hydrogen) atoms. The number of nitrogens with zero attached hydrogens (tertiary/aromatic N) is 1. The highest BCUT2D eigenvalue weighted by molar-refractivity contribution is 7.91. The van der Waals surface area contributed by atoms with Gasteiger partial charge in [-0.1, -0.05) is 12.1 Å². The van der Waals surface area contributed by atoms with E-state index in [1.165, 1.54) is 4.90 Å². The first kappa shape index (κ1) is 17.4. The molecule has 6 nitrogen and oxygen atoms in total. The fourth-order valence-corrected chi connectivity index (χ4v) is 5.44. The summed E-state index contributed by atoms with van der Waals surface area (Å²) >= 11 is 0. The molecule has 1 N–H and O–H groups in total. The Labute approximate surface area is 143 Å². The second-order valence-corrected chi connectivity index (χ2v) is 8.91. The monoisotopic (exact) mass is 353 g/mol. The highest BCUT2D eigenvalue weighted by Gasteiger charge is 2.37. The molecule has 1 aromatic carbocycles. The number of rotatable bonds is 4. The predicted octanol–water partition coefficient (Wildman–Crippen LogP) is -0.639. The van der Waals surface area contributed by atoms with Crippen molar-refractivity contribution < 1.29 is 22.8 Å². The number of carbonyl (C=O) groups excluding carboxylic acids is 1. The van der Waals surface area contributed by atoms with E-state index in [0.717, 1.165) is 25.1 Å². The maximum atomic E-state index is 12.6. The van der Waals surface area contributed by atoms with E-state index in [2.05, 4.69) is 0 Å². The van der Waals surface area contributed by atoms with Gasteiger partial charge in [0.2, 0.25) is 0 Å². The van der Waals surface area contributed by atoms with Crippen molar-refractivity contribution in [2.24, 2.45) is 0 Å². The third kappa shape index (κ3) is 3.96. The number of benzene rings is 1. The van der Waals surface area contributed by atoms with E-state index in [1.54, 1.807) is 7.11 Å². The zero-order valence-corrected chi connectivity index (χ0v) is 14.8. The molecule has 2 aliphatic rings. The van der Waals surface area contributed by atoms with Crippen molar-refractivity contribution in [2.75, 3.05) is 44.8 Å². The van der Waals surface area contributed by atoms with Crippen molar-refractivity contribution in [3.8, 4) is 0 Å². The Kier molecular flexibility index (Phi) is 5.22. The molecule has 0 radical (unpaired) electrons. The van der Waals surface area contributed by atoms with Crippen LogP contribution in [0.2, 0.25) is 0 Å². The number of hydrogen-bond acceptors (Lipinski definition) is 4. The van der Waals surface area contributed by atoms with Crippen molar-refractivity contribution in [1.29, 1.82) is 0 Å². The SMILES string of the molecule is COCc1ccc(C(=O)N2CC[NH+]([C@H]3CCS(=O)(=O)C3)CC2)cc1. The molecule has 0 spiro atoms. The summed E-state index contributed by atoms with van der Waals surface area (Å²) in [5, 5.41) is 0. The summed E-state index contributed by atoms with van der Waals surface area (Å²) < 4.78 is 28.3. The predicted molar refractivity (Wildman–Crippen MR) is 90.8 cm³/mol. The average molecular weight is 353 g/mol. The van der Waals surface area contributed by atoms with Gasteiger partial charge in [-0.05, 0) is 17.7 Å². The van der Waals surface area contributed by atoms with Crippen molar-refractivity contribution in [3.05, 3.63) is 35.4 Å². The number of ether oxygens (including phenoxy) is 1. The van der Waals surface area contributed by atoms with Crippen molar-refractivity contribution in [1.82, 2.24) is 4.90 Å². The van der Waals surface area contributed by atoms with E-state index in [1.807, 2.05) is 29.2 Å². The first-order valence-electron chi connectivity index (χ1n) is 8.40. The lowest BCUT2D eigenvalue weighted by atomic mass is 10.1. The van der Waals surface area contributed by atoms with Crippen LogP contribution in [-0.4, -0.2) is 70.1 Å². The number of sulfone groups is 1. The van der Waals surface area contributed by atoms with Crippen LogP contribution < -0.4 is 4.90 Å². The number of methoxy groups -OCH3 is 1. The summed E-state index contributed by atoms with van der Waals surface area (Å²) in [5.41, 5.74) is 1.74. The van der Waals surface area contributed by atoms with Gasteiger partial charge < -0.3 is 14.5 Å². The lowest BCUT2D eigenvalue weighted by molar-refractivity contribution is -0.925. The minimum atomic E-state index is -2.84. The molecular weight excluding hydrogens is 328 g/mol. The smallest absolute Gasteiger partial charge is 0.254 e. The summed E-state index contributed by atoms with van der Waals surface area (Å²) in [4.78, 5) is 15.8. The van der Waals surface area contributed by atoms with E-state index < -0.39 is 9.84 Å². The lowest BCUT2D eigenvalue weighted by Gasteiger charge is -2.35. The Morgan fingerprint density at radius 1 is 1.25 bits per heavy atom. The van der Waals surface area contributed by atoms with Gasteiger partial charge in [0.1, 0.15) is 11.8 Å². The summed E-state index contributed by atoms with van der Waals surface area (Å²) in [5.74, 6) is 0.673. The van der Waals surface area contributed by atoms with Crippen molar-refractivity contribution >= 4 is 15.7 Å². The summed E-state index contributed by atoms with van der Waals surface area (Å²) in [6.45, 7) is 3.57. The van der Waals surface area contributed by atoms with Crippen LogP contribution in [0.5, 0.6) is 0 Å². The van der Waals surface area contributed by atoms with Gasteiger partial charge in [0, 0.05) is 19.1 Å². The van der Waals surface area contributed by atoms with E-state index in [4.69, 9.17) is 4.74 Å². The zero-order chi connectivity index (χ0) is 17.2. The average Bonchev–Trinajstić information content (AvgIpc) is 2.95. The summed E-state index contributed by atoms with van der Waals surface area (Å²) in [6.07, 6.45) is 0.757. The molecule has 2 saturated heterocycles. The second kappa shape index (κ2) is 7.21. The molecule has 2 aliphatic heterocycles. The van der Waals surface area contributed by atoms with Gasteiger partial charge in [0.15, 0.2) is 9.84 Å². The summed E-state index contributed by atoms with van der Waals surface area (Å²) in [6, 6.07) is 7.74.